The lowest BCUT2D eigenvalue weighted by Crippen LogP contribution is -1.99. The smallest absolute Gasteiger partial charge is 0.00395 e. The molecule has 0 heterocycles. The Hall–Kier alpha value is 0.350. The molecule has 0 fully saturated rings. The summed E-state index contributed by atoms with van der Waals surface area (Å²) in [6.07, 6.45) is 22.9. The molecule has 1 atom stereocenters. The number of hydrogen-bond acceptors (Lipinski definition) is 0. The monoisotopic (exact) mass is 313 g/mol. The summed E-state index contributed by atoms with van der Waals surface area (Å²) in [6, 6.07) is 0. The molecule has 1 radical (unpaired) electrons. The van der Waals surface area contributed by atoms with Crippen molar-refractivity contribution in [2.75, 3.05) is 5.75 Å². The van der Waals surface area contributed by atoms with Crippen molar-refractivity contribution in [3.05, 3.63) is 0 Å². The Kier molecular flexibility index (Phi) is 18.7. The summed E-state index contributed by atoms with van der Waals surface area (Å²) >= 11 is 5.09. The van der Waals surface area contributed by atoms with Crippen LogP contribution >= 0.6 is 12.6 Å². The van der Waals surface area contributed by atoms with Crippen LogP contribution in [0.15, 0.2) is 0 Å². The largest absolute Gasteiger partial charge is 0.0941 e. The fourth-order valence-electron chi connectivity index (χ4n) is 3.17. The fourth-order valence-corrected chi connectivity index (χ4v) is 3.50. The van der Waals surface area contributed by atoms with Crippen molar-refractivity contribution in [2.45, 2.75) is 117 Å². The topological polar surface area (TPSA) is 0 Å². The van der Waals surface area contributed by atoms with Gasteiger partial charge in [0.2, 0.25) is 0 Å². The van der Waals surface area contributed by atoms with Gasteiger partial charge in [0.25, 0.3) is 0 Å². The maximum absolute atomic E-state index is 5.09. The van der Waals surface area contributed by atoms with Gasteiger partial charge < -0.3 is 0 Å². The average molecular weight is 314 g/mol. The summed E-state index contributed by atoms with van der Waals surface area (Å²) in [5.74, 6) is 1.87. The van der Waals surface area contributed by atoms with E-state index in [4.69, 9.17) is 12.6 Å². The van der Waals surface area contributed by atoms with Crippen molar-refractivity contribution >= 4 is 12.6 Å². The Morgan fingerprint density at radius 2 is 1.00 bits per heavy atom. The molecule has 0 spiro atoms. The van der Waals surface area contributed by atoms with Gasteiger partial charge in [-0.3, -0.25) is 0 Å². The molecule has 1 unspecified atom stereocenters. The number of rotatable bonds is 17. The molecule has 0 amide bonds. The molecule has 0 N–H and O–H groups in total. The van der Waals surface area contributed by atoms with E-state index in [0.29, 0.717) is 0 Å². The van der Waals surface area contributed by atoms with Crippen LogP contribution in [0.1, 0.15) is 117 Å². The minimum atomic E-state index is 0.912. The van der Waals surface area contributed by atoms with Crippen molar-refractivity contribution in [3.63, 3.8) is 0 Å². The summed E-state index contributed by atoms with van der Waals surface area (Å²) in [4.78, 5) is 0. The Bertz CT molecular complexity index is 179. The molecule has 0 aliphatic heterocycles. The van der Waals surface area contributed by atoms with Gasteiger partial charge in [-0.2, -0.15) is 0 Å². The predicted octanol–water partition coefficient (Wildman–Crippen LogP) is 8.08. The normalized spacial score (nSPS) is 12.7. The van der Waals surface area contributed by atoms with Crippen molar-refractivity contribution in [1.29, 1.82) is 0 Å². The van der Waals surface area contributed by atoms with E-state index in [1.807, 2.05) is 0 Å². The van der Waals surface area contributed by atoms with E-state index in [1.165, 1.54) is 103 Å². The molecule has 0 aromatic carbocycles. The lowest BCUT2D eigenvalue weighted by molar-refractivity contribution is 0.428. The van der Waals surface area contributed by atoms with Gasteiger partial charge in [0.1, 0.15) is 0 Å². The number of unbranched alkanes of at least 4 members (excludes halogenated alkanes) is 12. The summed E-state index contributed by atoms with van der Waals surface area (Å²) < 4.78 is 0. The number of hydrogen-bond donors (Lipinski definition) is 0. The second-order valence-electron chi connectivity index (χ2n) is 6.80. The van der Waals surface area contributed by atoms with Gasteiger partial charge in [0.15, 0.2) is 0 Å². The van der Waals surface area contributed by atoms with Gasteiger partial charge in [0, 0.05) is 5.75 Å². The summed E-state index contributed by atoms with van der Waals surface area (Å²) in [5, 5.41) is 0. The molecule has 0 rings (SSSR count). The molecule has 0 nitrogen and oxygen atoms in total. The summed E-state index contributed by atoms with van der Waals surface area (Å²) in [6.45, 7) is 4.61. The fraction of sp³-hybridized carbons (Fsp3) is 1.00. The van der Waals surface area contributed by atoms with Gasteiger partial charge in [-0.1, -0.05) is 123 Å². The third-order valence-electron chi connectivity index (χ3n) is 4.82. The third kappa shape index (κ3) is 16.5. The standard InChI is InChI=1S/C20H41S/c1-3-5-6-7-8-9-10-11-12-13-14-15-16-17-20(4-2)18-19-21/h20H,3-19H2,1-2H3. The highest BCUT2D eigenvalue weighted by atomic mass is 32.1. The van der Waals surface area contributed by atoms with E-state index in [2.05, 4.69) is 13.8 Å². The van der Waals surface area contributed by atoms with Crippen LogP contribution in [-0.4, -0.2) is 5.75 Å². The van der Waals surface area contributed by atoms with E-state index < -0.39 is 0 Å². The summed E-state index contributed by atoms with van der Waals surface area (Å²) in [7, 11) is 0. The van der Waals surface area contributed by atoms with Crippen LogP contribution in [0.25, 0.3) is 0 Å². The zero-order valence-corrected chi connectivity index (χ0v) is 15.8. The van der Waals surface area contributed by atoms with Crippen molar-refractivity contribution in [3.8, 4) is 0 Å². The second kappa shape index (κ2) is 18.4. The molecule has 0 aliphatic carbocycles. The van der Waals surface area contributed by atoms with Gasteiger partial charge in [-0.05, 0) is 12.3 Å². The maximum Gasteiger partial charge on any atom is 0.00395 e. The Labute approximate surface area is 141 Å². The lowest BCUT2D eigenvalue weighted by Gasteiger charge is -2.12. The van der Waals surface area contributed by atoms with Crippen LogP contribution in [0.3, 0.4) is 0 Å². The Balaban J connectivity index is 3.08. The molecule has 0 saturated carbocycles. The van der Waals surface area contributed by atoms with Crippen LogP contribution in [0.4, 0.5) is 0 Å². The first kappa shape index (κ1) is 21.4. The molecule has 0 bridgehead atoms. The SMILES string of the molecule is CCCCCCCCCCCCCCCC(CC)CC[S]. The zero-order chi connectivity index (χ0) is 15.6. The molecule has 0 aliphatic rings. The highest BCUT2D eigenvalue weighted by molar-refractivity contribution is 7.80. The van der Waals surface area contributed by atoms with Crippen LogP contribution in [0, 0.1) is 5.92 Å². The molecule has 1 heteroatoms. The molecule has 0 saturated heterocycles. The van der Waals surface area contributed by atoms with Crippen LogP contribution in [0.5, 0.6) is 0 Å². The van der Waals surface area contributed by atoms with Gasteiger partial charge in [-0.25, -0.2) is 0 Å². The van der Waals surface area contributed by atoms with E-state index in [1.54, 1.807) is 0 Å². The first-order valence-corrected chi connectivity index (χ1v) is 10.5. The minimum Gasteiger partial charge on any atom is -0.0941 e. The first-order valence-electron chi connectivity index (χ1n) is 9.93. The maximum atomic E-state index is 5.09. The molecule has 0 aromatic heterocycles. The van der Waals surface area contributed by atoms with Crippen LogP contribution in [0.2, 0.25) is 0 Å². The quantitative estimate of drug-likeness (QED) is 0.238. The van der Waals surface area contributed by atoms with Crippen molar-refractivity contribution < 1.29 is 0 Å². The van der Waals surface area contributed by atoms with E-state index in [0.717, 1.165) is 11.7 Å². The molecule has 127 valence electrons. The Morgan fingerprint density at radius 1 is 0.571 bits per heavy atom. The van der Waals surface area contributed by atoms with Crippen LogP contribution in [-0.2, 0) is 0 Å². The minimum absolute atomic E-state index is 0.912. The lowest BCUT2D eigenvalue weighted by atomic mass is 9.95. The second-order valence-corrected chi connectivity index (χ2v) is 7.21. The van der Waals surface area contributed by atoms with E-state index in [9.17, 15) is 0 Å². The highest BCUT2D eigenvalue weighted by Gasteiger charge is 2.04. The average Bonchev–Trinajstić information content (AvgIpc) is 2.50. The predicted molar refractivity (Wildman–Crippen MR) is 101 cm³/mol. The molecule has 0 aromatic rings. The molecular formula is C20H41S. The van der Waals surface area contributed by atoms with Gasteiger partial charge in [-0.15, -0.1) is 0 Å². The molecule has 21 heavy (non-hydrogen) atoms. The highest BCUT2D eigenvalue weighted by Crippen LogP contribution is 2.19. The van der Waals surface area contributed by atoms with Gasteiger partial charge >= 0.3 is 0 Å². The van der Waals surface area contributed by atoms with Crippen molar-refractivity contribution in [1.82, 2.24) is 0 Å². The zero-order valence-electron chi connectivity index (χ0n) is 15.0. The van der Waals surface area contributed by atoms with E-state index in [-0.39, 0.29) is 0 Å². The van der Waals surface area contributed by atoms with Crippen molar-refractivity contribution in [2.24, 2.45) is 5.92 Å². The van der Waals surface area contributed by atoms with E-state index >= 15 is 0 Å². The Morgan fingerprint density at radius 3 is 1.38 bits per heavy atom. The van der Waals surface area contributed by atoms with Crippen LogP contribution < -0.4 is 0 Å². The first-order chi connectivity index (χ1) is 10.3. The third-order valence-corrected chi connectivity index (χ3v) is 5.06. The summed E-state index contributed by atoms with van der Waals surface area (Å²) in [5.41, 5.74) is 0. The molecular weight excluding hydrogens is 272 g/mol. The van der Waals surface area contributed by atoms with Gasteiger partial charge in [0.05, 0.1) is 0 Å².